The second kappa shape index (κ2) is 13.4. The largest absolute Gasteiger partial charge is 0.493 e. The number of benzene rings is 2. The Morgan fingerprint density at radius 2 is 2.03 bits per heavy atom. The third-order valence-corrected chi connectivity index (χ3v) is 6.83. The SMILES string of the molecule is COc1ccc2cc1Oc1cccc(c1)CO[C@H]1CCN(CCC(=O)O)C[C@@H]1NC(=O)CN(CCCO)C2=O. The van der Waals surface area contributed by atoms with Crippen molar-refractivity contribution in [2.75, 3.05) is 46.4 Å². The Bertz CT molecular complexity index is 1170. The number of likely N-dealkylation sites (tertiary alicyclic amines) is 1. The van der Waals surface area contributed by atoms with E-state index in [1.54, 1.807) is 24.3 Å². The number of methoxy groups -OCH3 is 1. The molecule has 39 heavy (non-hydrogen) atoms. The summed E-state index contributed by atoms with van der Waals surface area (Å²) < 4.78 is 17.8. The molecule has 11 nitrogen and oxygen atoms in total. The number of carbonyl (C=O) groups excluding carboxylic acids is 2. The molecule has 0 aliphatic carbocycles. The number of carboxylic acids is 1. The number of aliphatic carboxylic acids is 1. The lowest BCUT2D eigenvalue weighted by Crippen LogP contribution is -2.57. The number of fused-ring (bicyclic) bond motifs is 5. The van der Waals surface area contributed by atoms with E-state index in [0.29, 0.717) is 61.9 Å². The molecule has 3 N–H and O–H groups in total. The predicted octanol–water partition coefficient (Wildman–Crippen LogP) is 1.88. The monoisotopic (exact) mass is 541 g/mol. The summed E-state index contributed by atoms with van der Waals surface area (Å²) in [6.07, 6.45) is 0.618. The predicted molar refractivity (Wildman–Crippen MR) is 141 cm³/mol. The highest BCUT2D eigenvalue weighted by molar-refractivity contribution is 5.97. The van der Waals surface area contributed by atoms with Gasteiger partial charge < -0.3 is 39.5 Å². The molecule has 11 heteroatoms. The number of piperidine rings is 1. The normalized spacial score (nSPS) is 20.5. The summed E-state index contributed by atoms with van der Waals surface area (Å²) in [6.45, 7) is 1.58. The topological polar surface area (TPSA) is 138 Å². The van der Waals surface area contributed by atoms with E-state index in [4.69, 9.17) is 19.3 Å². The van der Waals surface area contributed by atoms with Crippen molar-refractivity contribution >= 4 is 17.8 Å². The number of aliphatic hydroxyl groups excluding tert-OH is 1. The van der Waals surface area contributed by atoms with Crippen LogP contribution < -0.4 is 14.8 Å². The molecule has 2 aliphatic rings. The Labute approximate surface area is 227 Å². The van der Waals surface area contributed by atoms with E-state index in [9.17, 15) is 19.5 Å². The summed E-state index contributed by atoms with van der Waals surface area (Å²) in [5.41, 5.74) is 1.19. The first-order chi connectivity index (χ1) is 18.9. The van der Waals surface area contributed by atoms with Crippen molar-refractivity contribution in [2.45, 2.75) is 38.0 Å². The number of rotatable bonds is 7. The third kappa shape index (κ3) is 7.69. The van der Waals surface area contributed by atoms with Gasteiger partial charge in [0.05, 0.1) is 38.8 Å². The molecular weight excluding hydrogens is 506 g/mol. The summed E-state index contributed by atoms with van der Waals surface area (Å²) in [7, 11) is 1.52. The number of aliphatic hydroxyl groups is 1. The van der Waals surface area contributed by atoms with Crippen molar-refractivity contribution < 1.29 is 38.8 Å². The van der Waals surface area contributed by atoms with Crippen LogP contribution in [0, 0.1) is 0 Å². The van der Waals surface area contributed by atoms with Crippen LogP contribution in [0.15, 0.2) is 42.5 Å². The summed E-state index contributed by atoms with van der Waals surface area (Å²) in [4.78, 5) is 41.2. The van der Waals surface area contributed by atoms with Crippen molar-refractivity contribution in [2.24, 2.45) is 0 Å². The average molecular weight is 542 g/mol. The zero-order valence-corrected chi connectivity index (χ0v) is 22.0. The van der Waals surface area contributed by atoms with Gasteiger partial charge in [-0.1, -0.05) is 12.1 Å². The molecule has 2 amide bonds. The maximum Gasteiger partial charge on any atom is 0.304 e. The van der Waals surface area contributed by atoms with Gasteiger partial charge in [0, 0.05) is 38.3 Å². The quantitative estimate of drug-likeness (QED) is 0.480. The minimum absolute atomic E-state index is 0.00622. The molecule has 2 aliphatic heterocycles. The molecule has 2 aromatic carbocycles. The van der Waals surface area contributed by atoms with Gasteiger partial charge in [-0.25, -0.2) is 0 Å². The van der Waals surface area contributed by atoms with Gasteiger partial charge in [0.25, 0.3) is 5.91 Å². The smallest absolute Gasteiger partial charge is 0.304 e. The second-order valence-corrected chi connectivity index (χ2v) is 9.68. The maximum absolute atomic E-state index is 13.5. The molecule has 4 rings (SSSR count). The minimum Gasteiger partial charge on any atom is -0.493 e. The summed E-state index contributed by atoms with van der Waals surface area (Å²) in [5, 5.41) is 21.5. The number of carboxylic acid groups (broad SMARTS) is 1. The number of nitrogens with one attached hydrogen (secondary N) is 1. The molecule has 0 saturated carbocycles. The molecule has 2 aromatic rings. The van der Waals surface area contributed by atoms with Crippen LogP contribution in [-0.2, 0) is 20.9 Å². The lowest BCUT2D eigenvalue weighted by atomic mass is 10.0. The van der Waals surface area contributed by atoms with Crippen LogP contribution in [-0.4, -0.2) is 96.4 Å². The molecule has 210 valence electrons. The van der Waals surface area contributed by atoms with E-state index >= 15 is 0 Å². The molecule has 4 bridgehead atoms. The Morgan fingerprint density at radius 1 is 1.18 bits per heavy atom. The van der Waals surface area contributed by atoms with Gasteiger partial charge in [0.15, 0.2) is 11.5 Å². The number of nitrogens with zero attached hydrogens (tertiary/aromatic N) is 2. The lowest BCUT2D eigenvalue weighted by molar-refractivity contribution is -0.137. The fourth-order valence-corrected chi connectivity index (χ4v) is 4.83. The lowest BCUT2D eigenvalue weighted by Gasteiger charge is -2.39. The molecule has 2 heterocycles. The van der Waals surface area contributed by atoms with E-state index in [2.05, 4.69) is 5.32 Å². The fourth-order valence-electron chi connectivity index (χ4n) is 4.83. The van der Waals surface area contributed by atoms with Crippen LogP contribution in [0.1, 0.15) is 35.2 Å². The zero-order valence-electron chi connectivity index (χ0n) is 22.0. The van der Waals surface area contributed by atoms with Gasteiger partial charge in [0.1, 0.15) is 5.75 Å². The van der Waals surface area contributed by atoms with Gasteiger partial charge in [-0.2, -0.15) is 0 Å². The number of amides is 2. The first-order valence-corrected chi connectivity index (χ1v) is 13.1. The van der Waals surface area contributed by atoms with Crippen molar-refractivity contribution in [3.8, 4) is 17.2 Å². The summed E-state index contributed by atoms with van der Waals surface area (Å²) >= 11 is 0. The first kappa shape index (κ1) is 28.3. The van der Waals surface area contributed by atoms with Gasteiger partial charge in [-0.05, 0) is 48.7 Å². The van der Waals surface area contributed by atoms with Crippen molar-refractivity contribution in [3.63, 3.8) is 0 Å². The van der Waals surface area contributed by atoms with Crippen molar-refractivity contribution in [3.05, 3.63) is 53.6 Å². The molecule has 1 saturated heterocycles. The van der Waals surface area contributed by atoms with Gasteiger partial charge >= 0.3 is 5.97 Å². The minimum atomic E-state index is -0.878. The molecule has 0 radical (unpaired) electrons. The Kier molecular flexibility index (Phi) is 9.74. The first-order valence-electron chi connectivity index (χ1n) is 13.1. The van der Waals surface area contributed by atoms with E-state index in [0.717, 1.165) is 5.56 Å². The average Bonchev–Trinajstić information content (AvgIpc) is 2.93. The fraction of sp³-hybridized carbons (Fsp3) is 0.464. The van der Waals surface area contributed by atoms with Crippen molar-refractivity contribution in [1.29, 1.82) is 0 Å². The van der Waals surface area contributed by atoms with E-state index in [1.807, 2.05) is 23.1 Å². The van der Waals surface area contributed by atoms with Gasteiger partial charge in [-0.15, -0.1) is 0 Å². The molecule has 0 unspecified atom stereocenters. The highest BCUT2D eigenvalue weighted by Crippen LogP contribution is 2.33. The van der Waals surface area contributed by atoms with Crippen LogP contribution in [0.2, 0.25) is 0 Å². The second-order valence-electron chi connectivity index (χ2n) is 9.68. The van der Waals surface area contributed by atoms with E-state index < -0.39 is 12.0 Å². The number of hydrogen-bond donors (Lipinski definition) is 3. The Balaban J connectivity index is 1.65. The molecule has 1 fully saturated rings. The van der Waals surface area contributed by atoms with Crippen LogP contribution in [0.25, 0.3) is 0 Å². The highest BCUT2D eigenvalue weighted by atomic mass is 16.5. The van der Waals surface area contributed by atoms with Crippen LogP contribution in [0.5, 0.6) is 17.2 Å². The number of carbonyl (C=O) groups is 3. The number of hydrogen-bond acceptors (Lipinski definition) is 8. The van der Waals surface area contributed by atoms with Crippen LogP contribution in [0.4, 0.5) is 0 Å². The van der Waals surface area contributed by atoms with Crippen LogP contribution >= 0.6 is 0 Å². The van der Waals surface area contributed by atoms with Gasteiger partial charge in [0.2, 0.25) is 5.91 Å². The number of ether oxygens (including phenoxy) is 3. The zero-order chi connectivity index (χ0) is 27.8. The molecule has 0 aromatic heterocycles. The van der Waals surface area contributed by atoms with Gasteiger partial charge in [-0.3, -0.25) is 14.4 Å². The van der Waals surface area contributed by atoms with E-state index in [-0.39, 0.29) is 44.0 Å². The Hall–Kier alpha value is -3.67. The molecule has 2 atom stereocenters. The standard InChI is InChI=1S/C28H35N3O8/c1-37-24-7-6-20-15-25(24)39-21-5-2-4-19(14-21)18-38-23-8-11-30(12-9-27(34)35)16-22(23)29-26(33)17-31(28(20)36)10-3-13-32/h2,4-7,14-15,22-23,32H,3,8-13,16-18H2,1H3,(H,29,33)(H,34,35)/t22-,23-/m0/s1. The van der Waals surface area contributed by atoms with Crippen LogP contribution in [0.3, 0.4) is 0 Å². The van der Waals surface area contributed by atoms with Crippen molar-refractivity contribution in [1.82, 2.24) is 15.1 Å². The molecule has 0 spiro atoms. The summed E-state index contributed by atoms with van der Waals surface area (Å²) in [5.74, 6) is -0.264. The molecular formula is C28H35N3O8. The van der Waals surface area contributed by atoms with E-state index in [1.165, 1.54) is 12.0 Å². The maximum atomic E-state index is 13.5. The third-order valence-electron chi connectivity index (χ3n) is 6.83. The summed E-state index contributed by atoms with van der Waals surface area (Å²) in [6, 6.07) is 11.9. The highest BCUT2D eigenvalue weighted by Gasteiger charge is 2.32. The Morgan fingerprint density at radius 3 is 2.79 bits per heavy atom.